The van der Waals surface area contributed by atoms with Crippen molar-refractivity contribution in [2.24, 2.45) is 5.92 Å². The molecule has 1 N–H and O–H groups in total. The van der Waals surface area contributed by atoms with Crippen LogP contribution in [-0.4, -0.2) is 22.9 Å². The maximum Gasteiger partial charge on any atom is 0.0753 e. The number of hydrogen-bond acceptors (Lipinski definition) is 2. The monoisotopic (exact) mass is 193 g/mol. The lowest BCUT2D eigenvalue weighted by molar-refractivity contribution is 0.389. The van der Waals surface area contributed by atoms with E-state index in [2.05, 4.69) is 35.1 Å². The van der Waals surface area contributed by atoms with Crippen LogP contribution in [0.2, 0.25) is 0 Å². The largest absolute Gasteiger partial charge is 0.314 e. The molecule has 1 aliphatic carbocycles. The lowest BCUT2D eigenvalue weighted by Crippen LogP contribution is -2.34. The van der Waals surface area contributed by atoms with E-state index in [1.807, 2.05) is 12.3 Å². The molecule has 1 aromatic heterocycles. The standard InChI is InChI=1S/C11H19N3/c1-10(2)8-12-9-11(4-5-11)14-7-3-6-13-14/h3,6-7,10,12H,4-5,8-9H2,1-2H3. The fourth-order valence-corrected chi connectivity index (χ4v) is 1.77. The zero-order chi connectivity index (χ0) is 10.0. The predicted octanol–water partition coefficient (Wildman–Crippen LogP) is 1.62. The summed E-state index contributed by atoms with van der Waals surface area (Å²) in [4.78, 5) is 0. The van der Waals surface area contributed by atoms with Crippen molar-refractivity contribution in [1.82, 2.24) is 15.1 Å². The van der Waals surface area contributed by atoms with Crippen LogP contribution < -0.4 is 5.32 Å². The molecule has 14 heavy (non-hydrogen) atoms. The molecule has 0 atom stereocenters. The first-order valence-corrected chi connectivity index (χ1v) is 5.44. The Balaban J connectivity index is 1.85. The Hall–Kier alpha value is -0.830. The molecule has 0 spiro atoms. The molecule has 78 valence electrons. The maximum absolute atomic E-state index is 4.32. The first-order chi connectivity index (χ1) is 6.73. The smallest absolute Gasteiger partial charge is 0.0753 e. The highest BCUT2D eigenvalue weighted by Gasteiger charge is 2.44. The summed E-state index contributed by atoms with van der Waals surface area (Å²) in [5.41, 5.74) is 0.304. The fourth-order valence-electron chi connectivity index (χ4n) is 1.77. The maximum atomic E-state index is 4.32. The van der Waals surface area contributed by atoms with Crippen LogP contribution in [0.1, 0.15) is 26.7 Å². The van der Waals surface area contributed by atoms with E-state index in [9.17, 15) is 0 Å². The zero-order valence-electron chi connectivity index (χ0n) is 9.03. The van der Waals surface area contributed by atoms with Crippen LogP contribution in [-0.2, 0) is 5.54 Å². The molecule has 1 heterocycles. The lowest BCUT2D eigenvalue weighted by atomic mass is 10.2. The molecule has 0 aliphatic heterocycles. The van der Waals surface area contributed by atoms with Crippen molar-refractivity contribution < 1.29 is 0 Å². The summed E-state index contributed by atoms with van der Waals surface area (Å²) in [6.07, 6.45) is 6.46. The normalized spacial score (nSPS) is 18.8. The van der Waals surface area contributed by atoms with E-state index < -0.39 is 0 Å². The van der Waals surface area contributed by atoms with Gasteiger partial charge < -0.3 is 5.32 Å². The summed E-state index contributed by atoms with van der Waals surface area (Å²) < 4.78 is 2.11. The van der Waals surface area contributed by atoms with Gasteiger partial charge in [0.1, 0.15) is 0 Å². The third kappa shape index (κ3) is 1.98. The second-order valence-electron chi connectivity index (χ2n) is 4.70. The molecular weight excluding hydrogens is 174 g/mol. The Morgan fingerprint density at radius 2 is 2.29 bits per heavy atom. The molecule has 0 amide bonds. The van der Waals surface area contributed by atoms with Crippen molar-refractivity contribution >= 4 is 0 Å². The molecule has 0 saturated heterocycles. The first kappa shape index (κ1) is 9.71. The quantitative estimate of drug-likeness (QED) is 0.770. The molecule has 0 unspecified atom stereocenters. The van der Waals surface area contributed by atoms with Gasteiger partial charge >= 0.3 is 0 Å². The number of nitrogens with zero attached hydrogens (tertiary/aromatic N) is 2. The van der Waals surface area contributed by atoms with Crippen LogP contribution in [0, 0.1) is 5.92 Å². The van der Waals surface area contributed by atoms with Gasteiger partial charge in [0, 0.05) is 18.9 Å². The molecule has 1 aromatic rings. The Labute approximate surface area is 85.5 Å². The zero-order valence-corrected chi connectivity index (χ0v) is 9.03. The molecule has 1 fully saturated rings. The van der Waals surface area contributed by atoms with Crippen LogP contribution in [0.5, 0.6) is 0 Å². The number of aromatic nitrogens is 2. The average Bonchev–Trinajstić information content (AvgIpc) is 2.73. The molecule has 2 rings (SSSR count). The summed E-state index contributed by atoms with van der Waals surface area (Å²) in [5, 5.41) is 7.84. The number of rotatable bonds is 5. The highest BCUT2D eigenvalue weighted by molar-refractivity contribution is 5.02. The van der Waals surface area contributed by atoms with Crippen LogP contribution in [0.3, 0.4) is 0 Å². The molecular formula is C11H19N3. The minimum absolute atomic E-state index is 0.304. The van der Waals surface area contributed by atoms with Crippen LogP contribution >= 0.6 is 0 Å². The minimum atomic E-state index is 0.304. The topological polar surface area (TPSA) is 29.9 Å². The van der Waals surface area contributed by atoms with Crippen molar-refractivity contribution in [3.05, 3.63) is 18.5 Å². The SMILES string of the molecule is CC(C)CNCC1(n2cccn2)CC1. The second-order valence-corrected chi connectivity index (χ2v) is 4.70. The highest BCUT2D eigenvalue weighted by Crippen LogP contribution is 2.42. The van der Waals surface area contributed by atoms with Gasteiger partial charge in [-0.2, -0.15) is 5.10 Å². The molecule has 0 bridgehead atoms. The Morgan fingerprint density at radius 3 is 2.79 bits per heavy atom. The fraction of sp³-hybridized carbons (Fsp3) is 0.727. The summed E-state index contributed by atoms with van der Waals surface area (Å²) >= 11 is 0. The summed E-state index contributed by atoms with van der Waals surface area (Å²) in [6, 6.07) is 2.00. The first-order valence-electron chi connectivity index (χ1n) is 5.44. The second kappa shape index (κ2) is 3.73. The lowest BCUT2D eigenvalue weighted by Gasteiger charge is -2.17. The summed E-state index contributed by atoms with van der Waals surface area (Å²) in [7, 11) is 0. The Morgan fingerprint density at radius 1 is 1.50 bits per heavy atom. The van der Waals surface area contributed by atoms with Crippen LogP contribution in [0.4, 0.5) is 0 Å². The third-order valence-corrected chi connectivity index (χ3v) is 2.82. The van der Waals surface area contributed by atoms with E-state index in [0.29, 0.717) is 5.54 Å². The average molecular weight is 193 g/mol. The van der Waals surface area contributed by atoms with Gasteiger partial charge in [-0.15, -0.1) is 0 Å². The van der Waals surface area contributed by atoms with E-state index in [1.54, 1.807) is 0 Å². The van der Waals surface area contributed by atoms with Crippen molar-refractivity contribution in [3.8, 4) is 0 Å². The summed E-state index contributed by atoms with van der Waals surface area (Å²) in [6.45, 7) is 6.64. The molecule has 3 nitrogen and oxygen atoms in total. The molecule has 3 heteroatoms. The van der Waals surface area contributed by atoms with Crippen molar-refractivity contribution in [1.29, 1.82) is 0 Å². The Bertz CT molecular complexity index is 273. The van der Waals surface area contributed by atoms with Crippen molar-refractivity contribution in [3.63, 3.8) is 0 Å². The van der Waals surface area contributed by atoms with Gasteiger partial charge in [-0.25, -0.2) is 0 Å². The van der Waals surface area contributed by atoms with Crippen LogP contribution in [0.15, 0.2) is 18.5 Å². The minimum Gasteiger partial charge on any atom is -0.314 e. The van der Waals surface area contributed by atoms with Crippen molar-refractivity contribution in [2.75, 3.05) is 13.1 Å². The van der Waals surface area contributed by atoms with E-state index in [0.717, 1.165) is 19.0 Å². The molecule has 1 saturated carbocycles. The summed E-state index contributed by atoms with van der Waals surface area (Å²) in [5.74, 6) is 0.725. The number of hydrogen-bond donors (Lipinski definition) is 1. The van der Waals surface area contributed by atoms with E-state index in [1.165, 1.54) is 12.8 Å². The molecule has 1 aliphatic rings. The van der Waals surface area contributed by atoms with Gasteiger partial charge in [-0.3, -0.25) is 4.68 Å². The van der Waals surface area contributed by atoms with Gasteiger partial charge in [0.05, 0.1) is 5.54 Å². The number of nitrogens with one attached hydrogen (secondary N) is 1. The molecule has 0 aromatic carbocycles. The predicted molar refractivity (Wildman–Crippen MR) is 57.1 cm³/mol. The van der Waals surface area contributed by atoms with Gasteiger partial charge in [-0.05, 0) is 31.4 Å². The van der Waals surface area contributed by atoms with E-state index in [4.69, 9.17) is 0 Å². The van der Waals surface area contributed by atoms with Gasteiger partial charge in [0.25, 0.3) is 0 Å². The third-order valence-electron chi connectivity index (χ3n) is 2.82. The molecule has 0 radical (unpaired) electrons. The van der Waals surface area contributed by atoms with Crippen molar-refractivity contribution in [2.45, 2.75) is 32.2 Å². The van der Waals surface area contributed by atoms with Gasteiger partial charge in [0.15, 0.2) is 0 Å². The van der Waals surface area contributed by atoms with E-state index in [-0.39, 0.29) is 0 Å². The Kier molecular flexibility index (Phi) is 2.59. The van der Waals surface area contributed by atoms with Gasteiger partial charge in [0.2, 0.25) is 0 Å². The van der Waals surface area contributed by atoms with Gasteiger partial charge in [-0.1, -0.05) is 13.8 Å². The highest BCUT2D eigenvalue weighted by atomic mass is 15.3. The van der Waals surface area contributed by atoms with Crippen LogP contribution in [0.25, 0.3) is 0 Å². The van der Waals surface area contributed by atoms with E-state index >= 15 is 0 Å².